The Labute approximate surface area is 102 Å². The second kappa shape index (κ2) is 7.84. The van der Waals surface area contributed by atoms with E-state index in [1.807, 2.05) is 42.5 Å². The lowest BCUT2D eigenvalue weighted by Gasteiger charge is -1.94. The van der Waals surface area contributed by atoms with Crippen LogP contribution in [0.15, 0.2) is 66.7 Å². The molecule has 0 aliphatic heterocycles. The highest BCUT2D eigenvalue weighted by atomic mass is 32.8. The van der Waals surface area contributed by atoms with Crippen LogP contribution < -0.4 is 4.18 Å². The van der Waals surface area contributed by atoms with Gasteiger partial charge in [-0.3, -0.25) is 0 Å². The predicted octanol–water partition coefficient (Wildman–Crippen LogP) is 2.61. The molecule has 2 rings (SSSR count). The maximum Gasteiger partial charge on any atom is 0.174 e. The van der Waals surface area contributed by atoms with Crippen molar-refractivity contribution in [1.82, 2.24) is 0 Å². The summed E-state index contributed by atoms with van der Waals surface area (Å²) in [5.41, 5.74) is 0. The van der Waals surface area contributed by atoms with Gasteiger partial charge in [0.15, 0.2) is 9.64 Å². The molecule has 2 nitrogen and oxygen atoms in total. The van der Waals surface area contributed by atoms with E-state index in [4.69, 9.17) is 4.18 Å². The first-order valence-electron chi connectivity index (χ1n) is 4.66. The largest absolute Gasteiger partial charge is 0.403 e. The third kappa shape index (κ3) is 6.16. The van der Waals surface area contributed by atoms with E-state index >= 15 is 0 Å². The van der Waals surface area contributed by atoms with Gasteiger partial charge in [-0.15, -0.1) is 0 Å². The van der Waals surface area contributed by atoms with E-state index in [1.165, 1.54) is 0 Å². The Morgan fingerprint density at radius 2 is 1.19 bits per heavy atom. The number of thiol groups is 1. The van der Waals surface area contributed by atoms with E-state index in [0.29, 0.717) is 5.75 Å². The number of para-hydroxylation sites is 1. The highest BCUT2D eigenvalue weighted by Crippen LogP contribution is 2.07. The molecule has 0 spiro atoms. The number of hydrogen-bond acceptors (Lipinski definition) is 3. The van der Waals surface area contributed by atoms with Crippen LogP contribution in [0, 0.1) is 0 Å². The normalized spacial score (nSPS) is 10.8. The van der Waals surface area contributed by atoms with Crippen molar-refractivity contribution in [3.8, 4) is 5.75 Å². The van der Waals surface area contributed by atoms with E-state index in [-0.39, 0.29) is 0 Å². The minimum absolute atomic E-state index is 0.554. The van der Waals surface area contributed by atoms with Crippen molar-refractivity contribution in [2.75, 3.05) is 0 Å². The van der Waals surface area contributed by atoms with Gasteiger partial charge in [0.2, 0.25) is 0 Å². The van der Waals surface area contributed by atoms with Gasteiger partial charge in [0.05, 0.1) is 0 Å². The lowest BCUT2D eigenvalue weighted by molar-refractivity contribution is 0.580. The maximum absolute atomic E-state index is 10.4. The van der Waals surface area contributed by atoms with Gasteiger partial charge >= 0.3 is 0 Å². The maximum atomic E-state index is 10.4. The second-order valence-electron chi connectivity index (χ2n) is 2.78. The van der Waals surface area contributed by atoms with Crippen LogP contribution in [-0.4, -0.2) is 4.21 Å². The Morgan fingerprint density at radius 3 is 1.56 bits per heavy atom. The molecule has 0 aliphatic carbocycles. The second-order valence-corrected chi connectivity index (χ2v) is 4.31. The van der Waals surface area contributed by atoms with Crippen LogP contribution in [0.4, 0.5) is 0 Å². The molecule has 2 aromatic carbocycles. The summed E-state index contributed by atoms with van der Waals surface area (Å²) in [7, 11) is -1.94. The molecule has 0 fully saturated rings. The van der Waals surface area contributed by atoms with Crippen molar-refractivity contribution in [2.24, 2.45) is 0 Å². The Kier molecular flexibility index (Phi) is 6.22. The van der Waals surface area contributed by atoms with Crippen molar-refractivity contribution in [1.29, 1.82) is 0 Å². The smallest absolute Gasteiger partial charge is 0.174 e. The summed E-state index contributed by atoms with van der Waals surface area (Å²) in [6.45, 7) is 0. The van der Waals surface area contributed by atoms with Crippen LogP contribution in [0.3, 0.4) is 0 Å². The average Bonchev–Trinajstić information content (AvgIpc) is 2.32. The zero-order chi connectivity index (χ0) is 11.6. The summed E-state index contributed by atoms with van der Waals surface area (Å²) < 4.78 is 15.1. The van der Waals surface area contributed by atoms with Gasteiger partial charge in [-0.05, 0) is 12.1 Å². The molecule has 1 unspecified atom stereocenters. The van der Waals surface area contributed by atoms with Gasteiger partial charge < -0.3 is 4.18 Å². The Hall–Kier alpha value is -1.39. The summed E-state index contributed by atoms with van der Waals surface area (Å²) in [4.78, 5) is 0. The zero-order valence-electron chi connectivity index (χ0n) is 8.52. The van der Waals surface area contributed by atoms with Crippen molar-refractivity contribution in [3.05, 3.63) is 66.7 Å². The quantitative estimate of drug-likeness (QED) is 0.832. The molecular weight excluding hydrogens is 240 g/mol. The van der Waals surface area contributed by atoms with Gasteiger partial charge in [0, 0.05) is 11.2 Å². The molecule has 84 valence electrons. The monoisotopic (exact) mass is 252 g/mol. The lowest BCUT2D eigenvalue weighted by atomic mass is 10.3. The minimum Gasteiger partial charge on any atom is -0.403 e. The van der Waals surface area contributed by atoms with Crippen LogP contribution >= 0.6 is 0 Å². The van der Waals surface area contributed by atoms with E-state index < -0.39 is 9.64 Å². The Balaban J connectivity index is 0.000000181. The predicted molar refractivity (Wildman–Crippen MR) is 70.4 cm³/mol. The molecule has 0 radical (unpaired) electrons. The minimum atomic E-state index is -1.94. The molecule has 0 heterocycles. The van der Waals surface area contributed by atoms with Gasteiger partial charge in [-0.1, -0.05) is 54.6 Å². The van der Waals surface area contributed by atoms with Crippen LogP contribution in [0.25, 0.3) is 0 Å². The van der Waals surface area contributed by atoms with Gasteiger partial charge in [-0.2, -0.15) is 0 Å². The SMILES string of the molecule is O=[SH](=S)Oc1ccccc1.c1ccccc1. The van der Waals surface area contributed by atoms with E-state index in [2.05, 4.69) is 11.2 Å². The molecule has 0 aliphatic rings. The Bertz CT molecular complexity index is 418. The first-order chi connectivity index (χ1) is 7.79. The third-order valence-corrected chi connectivity index (χ3v) is 2.17. The van der Waals surface area contributed by atoms with Gasteiger partial charge in [0.25, 0.3) is 0 Å². The molecule has 16 heavy (non-hydrogen) atoms. The average molecular weight is 252 g/mol. The summed E-state index contributed by atoms with van der Waals surface area (Å²) >= 11 is 4.35. The lowest BCUT2D eigenvalue weighted by Crippen LogP contribution is -1.86. The molecule has 0 bridgehead atoms. The fourth-order valence-corrected chi connectivity index (χ4v) is 1.50. The summed E-state index contributed by atoms with van der Waals surface area (Å²) in [5, 5.41) is 0. The fourth-order valence-electron chi connectivity index (χ4n) is 0.952. The van der Waals surface area contributed by atoms with Crippen LogP contribution in [0.1, 0.15) is 0 Å². The van der Waals surface area contributed by atoms with Crippen LogP contribution in [-0.2, 0) is 20.8 Å². The van der Waals surface area contributed by atoms with E-state index in [1.54, 1.807) is 24.3 Å². The number of benzene rings is 2. The van der Waals surface area contributed by atoms with E-state index in [0.717, 1.165) is 0 Å². The van der Waals surface area contributed by atoms with Crippen LogP contribution in [0.5, 0.6) is 5.75 Å². The molecule has 0 saturated heterocycles. The molecule has 0 aromatic heterocycles. The first kappa shape index (κ1) is 12.7. The highest BCUT2D eigenvalue weighted by molar-refractivity contribution is 8.19. The zero-order valence-corrected chi connectivity index (χ0v) is 10.2. The number of hydrogen-bond donors (Lipinski definition) is 1. The van der Waals surface area contributed by atoms with Crippen LogP contribution in [0.2, 0.25) is 0 Å². The van der Waals surface area contributed by atoms with Crippen molar-refractivity contribution < 1.29 is 8.39 Å². The molecular formula is C12H12O2S2. The highest BCUT2D eigenvalue weighted by Gasteiger charge is 1.86. The van der Waals surface area contributed by atoms with Crippen molar-refractivity contribution in [2.45, 2.75) is 0 Å². The fraction of sp³-hybridized carbons (Fsp3) is 0. The first-order valence-corrected chi connectivity index (χ1v) is 6.85. The standard InChI is InChI=1S/C6H6O2S2.C6H6/c7-10(9)8-6-4-2-1-3-5-6;1-2-4-6-5-3-1/h1-5,10H;1-6H. The molecule has 2 aromatic rings. The van der Waals surface area contributed by atoms with Crippen molar-refractivity contribution >= 4 is 20.8 Å². The van der Waals surface area contributed by atoms with Gasteiger partial charge in [0.1, 0.15) is 5.75 Å². The number of rotatable bonds is 2. The summed E-state index contributed by atoms with van der Waals surface area (Å²) in [5.74, 6) is 0.554. The van der Waals surface area contributed by atoms with Gasteiger partial charge in [-0.25, -0.2) is 4.21 Å². The molecule has 0 N–H and O–H groups in total. The molecule has 0 amide bonds. The van der Waals surface area contributed by atoms with Crippen molar-refractivity contribution in [3.63, 3.8) is 0 Å². The molecule has 1 atom stereocenters. The third-order valence-electron chi connectivity index (χ3n) is 1.59. The topological polar surface area (TPSA) is 26.3 Å². The molecule has 4 heteroatoms. The summed E-state index contributed by atoms with van der Waals surface area (Å²) in [6.07, 6.45) is 0. The van der Waals surface area contributed by atoms with E-state index in [9.17, 15) is 4.21 Å². The molecule has 0 saturated carbocycles. The summed E-state index contributed by atoms with van der Waals surface area (Å²) in [6, 6.07) is 20.9. The Morgan fingerprint density at radius 1 is 0.812 bits per heavy atom.